The summed E-state index contributed by atoms with van der Waals surface area (Å²) in [5, 5.41) is 20.4. The number of nitrogens with one attached hydrogen (secondary N) is 1. The average Bonchev–Trinajstić information content (AvgIpc) is 2.45. The molecular weight excluding hydrogens is 284 g/mol. The molecule has 1 unspecified atom stereocenters. The van der Waals surface area contributed by atoms with Crippen molar-refractivity contribution in [3.05, 3.63) is 48.3 Å². The van der Waals surface area contributed by atoms with Gasteiger partial charge in [-0.3, -0.25) is 9.59 Å². The fraction of sp³-hybridized carbons (Fsp3) is 0.250. The zero-order valence-corrected chi connectivity index (χ0v) is 12.5. The van der Waals surface area contributed by atoms with E-state index >= 15 is 0 Å². The largest absolute Gasteiger partial charge is 0.508 e. The van der Waals surface area contributed by atoms with Crippen LogP contribution < -0.4 is 11.1 Å². The van der Waals surface area contributed by atoms with E-state index in [9.17, 15) is 9.59 Å². The number of hydrogen-bond donors (Lipinski definition) is 4. The summed E-state index contributed by atoms with van der Waals surface area (Å²) < 4.78 is 0. The van der Waals surface area contributed by atoms with Crippen LogP contribution in [0.4, 0.5) is 5.69 Å². The van der Waals surface area contributed by atoms with Gasteiger partial charge in [0.15, 0.2) is 5.78 Å². The van der Waals surface area contributed by atoms with Crippen LogP contribution in [0.5, 0.6) is 5.75 Å². The van der Waals surface area contributed by atoms with Crippen molar-refractivity contribution in [2.24, 2.45) is 5.73 Å². The maximum atomic E-state index is 10.9. The number of nitrogens with two attached hydrogens (primary N) is 1. The SMILES string of the molecule is CC(=O)C1(N)C=CC(O)=CC1.CC(=O)Nc1ccc(O)cc1. The van der Waals surface area contributed by atoms with Crippen molar-refractivity contribution in [3.8, 4) is 5.75 Å². The topological polar surface area (TPSA) is 113 Å². The highest BCUT2D eigenvalue weighted by Gasteiger charge is 2.28. The molecule has 1 aromatic carbocycles. The van der Waals surface area contributed by atoms with Gasteiger partial charge in [0.1, 0.15) is 11.5 Å². The molecule has 1 aromatic rings. The number of ketones is 1. The summed E-state index contributed by atoms with van der Waals surface area (Å²) in [7, 11) is 0. The molecule has 0 radical (unpaired) electrons. The van der Waals surface area contributed by atoms with Crippen molar-refractivity contribution >= 4 is 17.4 Å². The van der Waals surface area contributed by atoms with Crippen LogP contribution in [0.15, 0.2) is 48.3 Å². The molecule has 1 atom stereocenters. The van der Waals surface area contributed by atoms with Gasteiger partial charge in [0.2, 0.25) is 5.91 Å². The molecule has 22 heavy (non-hydrogen) atoms. The highest BCUT2D eigenvalue weighted by atomic mass is 16.3. The first-order chi connectivity index (χ1) is 10.2. The highest BCUT2D eigenvalue weighted by Crippen LogP contribution is 2.17. The molecule has 1 aliphatic carbocycles. The number of carbonyl (C=O) groups excluding carboxylic acids is 2. The maximum Gasteiger partial charge on any atom is 0.221 e. The van der Waals surface area contributed by atoms with Crippen LogP contribution in [-0.2, 0) is 9.59 Å². The minimum atomic E-state index is -0.897. The van der Waals surface area contributed by atoms with Crippen LogP contribution in [0, 0.1) is 0 Å². The second-order valence-corrected chi connectivity index (χ2v) is 4.99. The van der Waals surface area contributed by atoms with Crippen LogP contribution in [0.1, 0.15) is 20.3 Å². The number of hydrogen-bond acceptors (Lipinski definition) is 5. The minimum Gasteiger partial charge on any atom is -0.508 e. The lowest BCUT2D eigenvalue weighted by atomic mass is 9.88. The molecule has 1 aliphatic rings. The summed E-state index contributed by atoms with van der Waals surface area (Å²) in [6.07, 6.45) is 4.90. The zero-order valence-electron chi connectivity index (χ0n) is 12.5. The van der Waals surface area contributed by atoms with Crippen molar-refractivity contribution in [1.29, 1.82) is 0 Å². The Hall–Kier alpha value is -2.60. The Morgan fingerprint density at radius 1 is 1.18 bits per heavy atom. The Kier molecular flexibility index (Phi) is 5.89. The molecule has 0 aliphatic heterocycles. The average molecular weight is 304 g/mol. The third kappa shape index (κ3) is 5.41. The summed E-state index contributed by atoms with van der Waals surface area (Å²) in [5.41, 5.74) is 5.47. The zero-order chi connectivity index (χ0) is 16.8. The van der Waals surface area contributed by atoms with Gasteiger partial charge in [0, 0.05) is 12.6 Å². The van der Waals surface area contributed by atoms with E-state index in [1.165, 1.54) is 38.1 Å². The van der Waals surface area contributed by atoms with Crippen molar-refractivity contribution in [2.75, 3.05) is 5.32 Å². The lowest BCUT2D eigenvalue weighted by molar-refractivity contribution is -0.120. The number of aromatic hydroxyl groups is 1. The van der Waals surface area contributed by atoms with E-state index in [1.54, 1.807) is 18.2 Å². The molecule has 0 saturated heterocycles. The van der Waals surface area contributed by atoms with Crippen LogP contribution in [-0.4, -0.2) is 27.4 Å². The number of carbonyl (C=O) groups is 2. The Morgan fingerprint density at radius 3 is 2.18 bits per heavy atom. The Labute approximate surface area is 129 Å². The molecule has 0 fully saturated rings. The number of Topliss-reactive ketones (excluding diaryl/α,β-unsaturated/α-hetero) is 1. The molecule has 6 heteroatoms. The van der Waals surface area contributed by atoms with Crippen LogP contribution in [0.2, 0.25) is 0 Å². The van der Waals surface area contributed by atoms with Crippen molar-refractivity contribution in [3.63, 3.8) is 0 Å². The Balaban J connectivity index is 0.000000220. The number of benzene rings is 1. The van der Waals surface area contributed by atoms with E-state index < -0.39 is 5.54 Å². The van der Waals surface area contributed by atoms with Gasteiger partial charge in [-0.1, -0.05) is 6.08 Å². The van der Waals surface area contributed by atoms with E-state index in [0.29, 0.717) is 12.1 Å². The molecule has 2 rings (SSSR count). The number of aliphatic hydroxyl groups is 1. The van der Waals surface area contributed by atoms with Crippen molar-refractivity contribution in [2.45, 2.75) is 25.8 Å². The molecular formula is C16H20N2O4. The molecule has 5 N–H and O–H groups in total. The molecule has 0 aromatic heterocycles. The van der Waals surface area contributed by atoms with Crippen molar-refractivity contribution < 1.29 is 19.8 Å². The summed E-state index contributed by atoms with van der Waals surface area (Å²) >= 11 is 0. The minimum absolute atomic E-state index is 0.0856. The van der Waals surface area contributed by atoms with Gasteiger partial charge in [-0.15, -0.1) is 0 Å². The second-order valence-electron chi connectivity index (χ2n) is 4.99. The van der Waals surface area contributed by atoms with Crippen LogP contribution in [0.25, 0.3) is 0 Å². The summed E-state index contributed by atoms with van der Waals surface area (Å²) in [5.74, 6) is 0.166. The quantitative estimate of drug-likeness (QED) is 0.624. The lowest BCUT2D eigenvalue weighted by Crippen LogP contribution is -2.45. The van der Waals surface area contributed by atoms with E-state index in [1.807, 2.05) is 0 Å². The van der Waals surface area contributed by atoms with Gasteiger partial charge in [0.25, 0.3) is 0 Å². The standard InChI is InChI=1S/C8H9NO2.C8H11NO2/c1-6(10)9-7-2-4-8(11)5-3-7;1-6(10)8(9)4-2-7(11)3-5-8/h2-5,11H,1H3,(H,9,10);2-4,11H,5,9H2,1H3. The third-order valence-corrected chi connectivity index (χ3v) is 3.04. The fourth-order valence-electron chi connectivity index (χ4n) is 1.65. The Morgan fingerprint density at radius 2 is 1.77 bits per heavy atom. The van der Waals surface area contributed by atoms with Gasteiger partial charge < -0.3 is 21.3 Å². The third-order valence-electron chi connectivity index (χ3n) is 3.04. The maximum absolute atomic E-state index is 10.9. The van der Waals surface area contributed by atoms with E-state index in [-0.39, 0.29) is 23.2 Å². The Bertz CT molecular complexity index is 605. The monoisotopic (exact) mass is 304 g/mol. The first-order valence-electron chi connectivity index (χ1n) is 6.68. The van der Waals surface area contributed by atoms with Gasteiger partial charge in [-0.25, -0.2) is 0 Å². The normalized spacial score (nSPS) is 19.5. The second kappa shape index (κ2) is 7.42. The van der Waals surface area contributed by atoms with Crippen LogP contribution in [0.3, 0.4) is 0 Å². The molecule has 1 amide bonds. The number of anilines is 1. The van der Waals surface area contributed by atoms with Gasteiger partial charge >= 0.3 is 0 Å². The molecule has 118 valence electrons. The van der Waals surface area contributed by atoms with E-state index in [4.69, 9.17) is 15.9 Å². The van der Waals surface area contributed by atoms with Gasteiger partial charge in [0.05, 0.1) is 5.54 Å². The number of allylic oxidation sites excluding steroid dienone is 1. The molecule has 0 spiro atoms. The van der Waals surface area contributed by atoms with Gasteiger partial charge in [-0.05, 0) is 49.8 Å². The molecule has 0 saturated carbocycles. The predicted molar refractivity (Wildman–Crippen MR) is 84.5 cm³/mol. The predicted octanol–water partition coefficient (Wildman–Crippen LogP) is 2.03. The van der Waals surface area contributed by atoms with E-state index in [2.05, 4.69) is 5.32 Å². The number of amides is 1. The number of phenols is 1. The number of rotatable bonds is 2. The highest BCUT2D eigenvalue weighted by molar-refractivity contribution is 5.89. The van der Waals surface area contributed by atoms with Gasteiger partial charge in [-0.2, -0.15) is 0 Å². The van der Waals surface area contributed by atoms with Crippen LogP contribution >= 0.6 is 0 Å². The summed E-state index contributed by atoms with van der Waals surface area (Å²) in [6.45, 7) is 2.88. The summed E-state index contributed by atoms with van der Waals surface area (Å²) in [4.78, 5) is 21.5. The smallest absolute Gasteiger partial charge is 0.221 e. The molecule has 0 bridgehead atoms. The lowest BCUT2D eigenvalue weighted by Gasteiger charge is -2.23. The fourth-order valence-corrected chi connectivity index (χ4v) is 1.65. The molecule has 0 heterocycles. The van der Waals surface area contributed by atoms with Crippen molar-refractivity contribution in [1.82, 2.24) is 0 Å². The van der Waals surface area contributed by atoms with E-state index in [0.717, 1.165) is 0 Å². The summed E-state index contributed by atoms with van der Waals surface area (Å²) in [6, 6.07) is 6.31. The molecule has 6 nitrogen and oxygen atoms in total. The first kappa shape index (κ1) is 17.5. The number of aliphatic hydroxyl groups excluding tert-OH is 1. The first-order valence-corrected chi connectivity index (χ1v) is 6.68. The number of phenolic OH excluding ortho intramolecular Hbond substituents is 1.